The molecule has 6 heteroatoms. The number of carbonyl (C=O) groups excluding carboxylic acids is 1. The highest BCUT2D eigenvalue weighted by Crippen LogP contribution is 2.22. The zero-order chi connectivity index (χ0) is 18.1. The van der Waals surface area contributed by atoms with Crippen molar-refractivity contribution in [3.8, 4) is 5.88 Å². The van der Waals surface area contributed by atoms with Gasteiger partial charge < -0.3 is 14.1 Å². The first-order valence-corrected chi connectivity index (χ1v) is 8.85. The molecule has 0 bridgehead atoms. The van der Waals surface area contributed by atoms with Crippen molar-refractivity contribution in [2.24, 2.45) is 0 Å². The van der Waals surface area contributed by atoms with E-state index in [1.165, 1.54) is 0 Å². The van der Waals surface area contributed by atoms with Crippen LogP contribution in [-0.2, 0) is 0 Å². The van der Waals surface area contributed by atoms with Crippen molar-refractivity contribution >= 4 is 16.9 Å². The number of aromatic nitrogens is 2. The third-order valence-corrected chi connectivity index (χ3v) is 4.71. The molecule has 1 aliphatic heterocycles. The third kappa shape index (κ3) is 3.27. The Kier molecular flexibility index (Phi) is 4.32. The van der Waals surface area contributed by atoms with Gasteiger partial charge in [0.2, 0.25) is 5.88 Å². The van der Waals surface area contributed by atoms with E-state index in [1.54, 1.807) is 6.20 Å². The lowest BCUT2D eigenvalue weighted by Gasteiger charge is -2.31. The molecule has 26 heavy (non-hydrogen) atoms. The van der Waals surface area contributed by atoms with Crippen LogP contribution in [0.4, 0.5) is 0 Å². The van der Waals surface area contributed by atoms with Gasteiger partial charge in [-0.25, -0.2) is 9.97 Å². The molecule has 1 amide bonds. The lowest BCUT2D eigenvalue weighted by molar-refractivity contribution is 0.0586. The summed E-state index contributed by atoms with van der Waals surface area (Å²) >= 11 is 0. The summed E-state index contributed by atoms with van der Waals surface area (Å²) in [5.41, 5.74) is 2.33. The molecule has 4 rings (SSSR count). The lowest BCUT2D eigenvalue weighted by Crippen LogP contribution is -2.42. The van der Waals surface area contributed by atoms with E-state index in [0.717, 1.165) is 29.6 Å². The molecule has 1 aliphatic rings. The number of ether oxygens (including phenoxy) is 1. The van der Waals surface area contributed by atoms with Gasteiger partial charge in [0, 0.05) is 25.9 Å². The highest BCUT2D eigenvalue weighted by atomic mass is 16.5. The topological polar surface area (TPSA) is 68.5 Å². The molecule has 1 aromatic carbocycles. The number of aryl methyl sites for hydroxylation is 2. The summed E-state index contributed by atoms with van der Waals surface area (Å²) in [6.45, 7) is 5.01. The van der Waals surface area contributed by atoms with Crippen molar-refractivity contribution in [1.82, 2.24) is 14.9 Å². The molecule has 0 N–H and O–H groups in total. The number of amides is 1. The second kappa shape index (κ2) is 6.78. The van der Waals surface area contributed by atoms with Crippen LogP contribution in [0, 0.1) is 13.8 Å². The largest absolute Gasteiger partial charge is 0.473 e. The van der Waals surface area contributed by atoms with Crippen molar-refractivity contribution in [3.63, 3.8) is 0 Å². The van der Waals surface area contributed by atoms with Gasteiger partial charge in [0.1, 0.15) is 17.6 Å². The second-order valence-corrected chi connectivity index (χ2v) is 6.63. The fourth-order valence-electron chi connectivity index (χ4n) is 3.36. The van der Waals surface area contributed by atoms with Crippen LogP contribution in [0.15, 0.2) is 40.9 Å². The first-order chi connectivity index (χ1) is 12.6. The Morgan fingerprint density at radius 2 is 1.92 bits per heavy atom. The van der Waals surface area contributed by atoms with E-state index in [-0.39, 0.29) is 12.0 Å². The van der Waals surface area contributed by atoms with E-state index < -0.39 is 0 Å². The maximum atomic E-state index is 12.6. The number of para-hydroxylation sites is 2. The van der Waals surface area contributed by atoms with Gasteiger partial charge in [-0.2, -0.15) is 0 Å². The van der Waals surface area contributed by atoms with Crippen LogP contribution in [0.3, 0.4) is 0 Å². The summed E-state index contributed by atoms with van der Waals surface area (Å²) < 4.78 is 11.5. The number of benzene rings is 1. The minimum absolute atomic E-state index is 0.0308. The summed E-state index contributed by atoms with van der Waals surface area (Å²) in [5, 5.41) is 0. The van der Waals surface area contributed by atoms with E-state index >= 15 is 0 Å². The average molecular weight is 351 g/mol. The molecule has 2 aromatic heterocycles. The van der Waals surface area contributed by atoms with Crippen LogP contribution in [0.5, 0.6) is 5.88 Å². The molecule has 6 nitrogen and oxygen atoms in total. The third-order valence-electron chi connectivity index (χ3n) is 4.71. The molecule has 3 heterocycles. The molecule has 0 saturated carbocycles. The van der Waals surface area contributed by atoms with Crippen molar-refractivity contribution in [2.45, 2.75) is 32.8 Å². The zero-order valence-corrected chi connectivity index (χ0v) is 14.9. The first kappa shape index (κ1) is 16.6. The minimum Gasteiger partial charge on any atom is -0.473 e. The number of nitrogens with zero attached hydrogens (tertiary/aromatic N) is 3. The molecule has 0 radical (unpaired) electrons. The van der Waals surface area contributed by atoms with Crippen LogP contribution >= 0.6 is 0 Å². The summed E-state index contributed by atoms with van der Waals surface area (Å²) in [5.74, 6) is 2.01. The van der Waals surface area contributed by atoms with E-state index in [1.807, 2.05) is 49.1 Å². The van der Waals surface area contributed by atoms with Gasteiger partial charge in [0.05, 0.1) is 22.8 Å². The summed E-state index contributed by atoms with van der Waals surface area (Å²) in [4.78, 5) is 23.4. The molecule has 0 atom stereocenters. The van der Waals surface area contributed by atoms with Gasteiger partial charge in [-0.15, -0.1) is 0 Å². The maximum absolute atomic E-state index is 12.6. The summed E-state index contributed by atoms with van der Waals surface area (Å²) in [6, 6.07) is 9.53. The molecule has 0 unspecified atom stereocenters. The molecule has 134 valence electrons. The number of rotatable bonds is 3. The molecule has 0 spiro atoms. The SMILES string of the molecule is Cc1cc(C(=O)N2CCC(Oc3cnc4ccccc4n3)CC2)c(C)o1. The number of furan rings is 1. The number of likely N-dealkylation sites (tertiary alicyclic amines) is 1. The molecule has 1 saturated heterocycles. The maximum Gasteiger partial charge on any atom is 0.257 e. The molecular weight excluding hydrogens is 330 g/mol. The lowest BCUT2D eigenvalue weighted by atomic mass is 10.1. The van der Waals surface area contributed by atoms with Crippen molar-refractivity contribution in [1.29, 1.82) is 0 Å². The second-order valence-electron chi connectivity index (χ2n) is 6.63. The Hall–Kier alpha value is -2.89. The van der Waals surface area contributed by atoms with Crippen molar-refractivity contribution < 1.29 is 13.9 Å². The fourth-order valence-corrected chi connectivity index (χ4v) is 3.36. The molecule has 3 aromatic rings. The Bertz CT molecular complexity index is 942. The Balaban J connectivity index is 1.38. The summed E-state index contributed by atoms with van der Waals surface area (Å²) in [7, 11) is 0. The Morgan fingerprint density at radius 3 is 2.62 bits per heavy atom. The number of carbonyl (C=O) groups is 1. The Labute approximate surface area is 151 Å². The summed E-state index contributed by atoms with van der Waals surface area (Å²) in [6.07, 6.45) is 3.26. The first-order valence-electron chi connectivity index (χ1n) is 8.85. The number of hydrogen-bond donors (Lipinski definition) is 0. The quantitative estimate of drug-likeness (QED) is 0.722. The molecule has 0 aliphatic carbocycles. The predicted octanol–water partition coefficient (Wildman–Crippen LogP) is 3.52. The van der Waals surface area contributed by atoms with Crippen molar-refractivity contribution in [2.75, 3.05) is 13.1 Å². The van der Waals surface area contributed by atoms with Crippen LogP contribution in [-0.4, -0.2) is 40.0 Å². The number of hydrogen-bond acceptors (Lipinski definition) is 5. The van der Waals surface area contributed by atoms with Crippen LogP contribution in [0.25, 0.3) is 11.0 Å². The van der Waals surface area contributed by atoms with Gasteiger partial charge in [-0.1, -0.05) is 12.1 Å². The monoisotopic (exact) mass is 351 g/mol. The highest BCUT2D eigenvalue weighted by Gasteiger charge is 2.27. The highest BCUT2D eigenvalue weighted by molar-refractivity contribution is 5.95. The van der Waals surface area contributed by atoms with Gasteiger partial charge >= 0.3 is 0 Å². The van der Waals surface area contributed by atoms with Gasteiger partial charge in [0.25, 0.3) is 5.91 Å². The fraction of sp³-hybridized carbons (Fsp3) is 0.350. The van der Waals surface area contributed by atoms with E-state index in [9.17, 15) is 4.79 Å². The zero-order valence-electron chi connectivity index (χ0n) is 14.9. The van der Waals surface area contributed by atoms with Crippen LogP contribution in [0.1, 0.15) is 34.7 Å². The van der Waals surface area contributed by atoms with Gasteiger partial charge in [-0.05, 0) is 32.0 Å². The van der Waals surface area contributed by atoms with E-state index in [2.05, 4.69) is 9.97 Å². The van der Waals surface area contributed by atoms with E-state index in [4.69, 9.17) is 9.15 Å². The van der Waals surface area contributed by atoms with Gasteiger partial charge in [0.15, 0.2) is 0 Å². The van der Waals surface area contributed by atoms with E-state index in [0.29, 0.717) is 30.3 Å². The average Bonchev–Trinajstić information content (AvgIpc) is 3.00. The number of fused-ring (bicyclic) bond motifs is 1. The molecule has 1 fully saturated rings. The van der Waals surface area contributed by atoms with Gasteiger partial charge in [-0.3, -0.25) is 4.79 Å². The predicted molar refractivity (Wildman–Crippen MR) is 97.3 cm³/mol. The smallest absolute Gasteiger partial charge is 0.257 e. The molecular formula is C20H21N3O3. The van der Waals surface area contributed by atoms with Crippen LogP contribution in [0.2, 0.25) is 0 Å². The van der Waals surface area contributed by atoms with Crippen molar-refractivity contribution in [3.05, 3.63) is 53.6 Å². The Morgan fingerprint density at radius 1 is 1.19 bits per heavy atom. The standard InChI is InChI=1S/C20H21N3O3/c1-13-11-16(14(2)25-13)20(24)23-9-7-15(8-10-23)26-19-12-21-17-5-3-4-6-18(17)22-19/h3-6,11-12,15H,7-10H2,1-2H3. The minimum atomic E-state index is 0.0308. The van der Waals surface area contributed by atoms with Crippen LogP contribution < -0.4 is 4.74 Å². The normalized spacial score (nSPS) is 15.4. The number of piperidine rings is 1.